The minimum absolute atomic E-state index is 0.236. The highest BCUT2D eigenvalue weighted by Crippen LogP contribution is 2.24. The Morgan fingerprint density at radius 2 is 2.06 bits per heavy atom. The maximum absolute atomic E-state index is 8.93. The summed E-state index contributed by atoms with van der Waals surface area (Å²) >= 11 is 0. The van der Waals surface area contributed by atoms with E-state index in [0.29, 0.717) is 0 Å². The molecular weight excluding hydrogens is 212 g/mol. The summed E-state index contributed by atoms with van der Waals surface area (Å²) in [6.45, 7) is 4.18. The van der Waals surface area contributed by atoms with Gasteiger partial charge in [-0.2, -0.15) is 0 Å². The zero-order chi connectivity index (χ0) is 12.1. The van der Waals surface area contributed by atoms with Gasteiger partial charge in [-0.1, -0.05) is 18.2 Å². The van der Waals surface area contributed by atoms with Crippen LogP contribution >= 0.6 is 0 Å². The predicted molar refractivity (Wildman–Crippen MR) is 71.3 cm³/mol. The lowest BCUT2D eigenvalue weighted by Crippen LogP contribution is -2.24. The van der Waals surface area contributed by atoms with Crippen LogP contribution in [-0.4, -0.2) is 29.8 Å². The van der Waals surface area contributed by atoms with Crippen LogP contribution in [0.3, 0.4) is 0 Å². The first-order chi connectivity index (χ1) is 8.36. The lowest BCUT2D eigenvalue weighted by atomic mass is 10.1. The summed E-state index contributed by atoms with van der Waals surface area (Å²) in [6.07, 6.45) is 2.64. The van der Waals surface area contributed by atoms with Gasteiger partial charge in [-0.3, -0.25) is 4.98 Å². The van der Waals surface area contributed by atoms with Crippen molar-refractivity contribution in [2.45, 2.75) is 13.3 Å². The van der Waals surface area contributed by atoms with Gasteiger partial charge in [-0.25, -0.2) is 0 Å². The number of aliphatic hydroxyl groups excluding tert-OH is 1. The van der Waals surface area contributed by atoms with E-state index in [-0.39, 0.29) is 6.61 Å². The molecule has 0 fully saturated rings. The Morgan fingerprint density at radius 3 is 2.82 bits per heavy atom. The van der Waals surface area contributed by atoms with E-state index in [2.05, 4.69) is 22.9 Å². The molecule has 1 N–H and O–H groups in total. The smallest absolute Gasteiger partial charge is 0.0722 e. The van der Waals surface area contributed by atoms with Gasteiger partial charge in [0.25, 0.3) is 0 Å². The lowest BCUT2D eigenvalue weighted by molar-refractivity contribution is 0.289. The van der Waals surface area contributed by atoms with Crippen molar-refractivity contribution in [2.24, 2.45) is 0 Å². The van der Waals surface area contributed by atoms with Crippen LogP contribution in [-0.2, 0) is 0 Å². The third kappa shape index (κ3) is 2.56. The van der Waals surface area contributed by atoms with Crippen molar-refractivity contribution < 1.29 is 5.11 Å². The van der Waals surface area contributed by atoms with Crippen molar-refractivity contribution in [1.29, 1.82) is 0 Å². The Bertz CT molecular complexity index is 479. The van der Waals surface area contributed by atoms with Gasteiger partial charge >= 0.3 is 0 Å². The van der Waals surface area contributed by atoms with Gasteiger partial charge in [-0.15, -0.1) is 0 Å². The predicted octanol–water partition coefficient (Wildman–Crippen LogP) is 2.44. The summed E-state index contributed by atoms with van der Waals surface area (Å²) in [6, 6.07) is 10.2. The van der Waals surface area contributed by atoms with Crippen molar-refractivity contribution in [1.82, 2.24) is 4.98 Å². The van der Waals surface area contributed by atoms with Gasteiger partial charge in [0.05, 0.1) is 5.52 Å². The molecule has 0 bridgehead atoms. The quantitative estimate of drug-likeness (QED) is 0.857. The average Bonchev–Trinajstić information content (AvgIpc) is 2.40. The molecule has 3 nitrogen and oxygen atoms in total. The molecule has 1 aromatic heterocycles. The normalized spacial score (nSPS) is 10.7. The van der Waals surface area contributed by atoms with E-state index in [0.717, 1.165) is 25.0 Å². The number of fused-ring (bicyclic) bond motifs is 1. The van der Waals surface area contributed by atoms with Gasteiger partial charge in [0.1, 0.15) is 0 Å². The summed E-state index contributed by atoms with van der Waals surface area (Å²) in [7, 11) is 0. The maximum Gasteiger partial charge on any atom is 0.0722 e. The standard InChI is InChI=1S/C14H18N2O/c1-2-16(10-5-11-17)14-8-9-15-13-7-4-3-6-12(13)14/h3-4,6-9,17H,2,5,10-11H2,1H3. The maximum atomic E-state index is 8.93. The molecule has 2 aromatic rings. The van der Waals surface area contributed by atoms with Crippen LogP contribution in [0.5, 0.6) is 0 Å². The molecule has 0 saturated carbocycles. The number of aliphatic hydroxyl groups is 1. The molecule has 0 spiro atoms. The number of anilines is 1. The summed E-state index contributed by atoms with van der Waals surface area (Å²) in [5.41, 5.74) is 2.22. The van der Waals surface area contributed by atoms with Gasteiger partial charge in [0.15, 0.2) is 0 Å². The second kappa shape index (κ2) is 5.64. The molecule has 0 amide bonds. The fourth-order valence-corrected chi connectivity index (χ4v) is 2.07. The van der Waals surface area contributed by atoms with Gasteiger partial charge in [0.2, 0.25) is 0 Å². The molecule has 0 aliphatic carbocycles. The fraction of sp³-hybridized carbons (Fsp3) is 0.357. The average molecular weight is 230 g/mol. The molecule has 0 atom stereocenters. The number of para-hydroxylation sites is 1. The van der Waals surface area contributed by atoms with E-state index in [4.69, 9.17) is 5.11 Å². The largest absolute Gasteiger partial charge is 0.396 e. The topological polar surface area (TPSA) is 36.4 Å². The highest BCUT2D eigenvalue weighted by molar-refractivity contribution is 5.91. The van der Waals surface area contributed by atoms with Crippen LogP contribution in [0.2, 0.25) is 0 Å². The number of benzene rings is 1. The zero-order valence-corrected chi connectivity index (χ0v) is 10.1. The van der Waals surface area contributed by atoms with Crippen molar-refractivity contribution >= 4 is 16.6 Å². The summed E-state index contributed by atoms with van der Waals surface area (Å²) in [4.78, 5) is 6.64. The molecule has 0 aliphatic heterocycles. The molecule has 0 aliphatic rings. The Hall–Kier alpha value is -1.61. The second-order valence-corrected chi connectivity index (χ2v) is 4.00. The van der Waals surface area contributed by atoms with Gasteiger partial charge < -0.3 is 10.0 Å². The first-order valence-electron chi connectivity index (χ1n) is 6.06. The van der Waals surface area contributed by atoms with Crippen molar-refractivity contribution in [3.8, 4) is 0 Å². The number of hydrogen-bond acceptors (Lipinski definition) is 3. The summed E-state index contributed by atoms with van der Waals surface area (Å²) in [5.74, 6) is 0. The molecule has 1 aromatic carbocycles. The Kier molecular flexibility index (Phi) is 3.94. The minimum atomic E-state index is 0.236. The highest BCUT2D eigenvalue weighted by Gasteiger charge is 2.07. The number of aromatic nitrogens is 1. The lowest BCUT2D eigenvalue weighted by Gasteiger charge is -2.24. The van der Waals surface area contributed by atoms with Gasteiger partial charge in [-0.05, 0) is 25.5 Å². The van der Waals surface area contributed by atoms with Crippen LogP contribution in [0.1, 0.15) is 13.3 Å². The first kappa shape index (κ1) is 11.9. The number of hydrogen-bond donors (Lipinski definition) is 1. The molecule has 0 radical (unpaired) electrons. The first-order valence-corrected chi connectivity index (χ1v) is 6.06. The van der Waals surface area contributed by atoms with E-state index in [9.17, 15) is 0 Å². The Balaban J connectivity index is 2.38. The van der Waals surface area contributed by atoms with Crippen molar-refractivity contribution in [3.05, 3.63) is 36.5 Å². The van der Waals surface area contributed by atoms with Crippen molar-refractivity contribution in [3.63, 3.8) is 0 Å². The van der Waals surface area contributed by atoms with E-state index < -0.39 is 0 Å². The van der Waals surface area contributed by atoms with Crippen LogP contribution in [0.4, 0.5) is 5.69 Å². The van der Waals surface area contributed by atoms with E-state index in [1.54, 1.807) is 0 Å². The molecule has 0 unspecified atom stereocenters. The summed E-state index contributed by atoms with van der Waals surface area (Å²) in [5, 5.41) is 10.1. The third-order valence-corrected chi connectivity index (χ3v) is 2.93. The molecule has 2 rings (SSSR count). The Morgan fingerprint density at radius 1 is 1.24 bits per heavy atom. The van der Waals surface area contributed by atoms with Crippen LogP contribution in [0.15, 0.2) is 36.5 Å². The van der Waals surface area contributed by atoms with Gasteiger partial charge in [0, 0.05) is 37.0 Å². The van der Waals surface area contributed by atoms with Crippen molar-refractivity contribution in [2.75, 3.05) is 24.6 Å². The summed E-state index contributed by atoms with van der Waals surface area (Å²) < 4.78 is 0. The van der Waals surface area contributed by atoms with Crippen LogP contribution in [0.25, 0.3) is 10.9 Å². The van der Waals surface area contributed by atoms with E-state index in [1.807, 2.05) is 30.5 Å². The monoisotopic (exact) mass is 230 g/mol. The fourth-order valence-electron chi connectivity index (χ4n) is 2.07. The molecule has 3 heteroatoms. The number of pyridine rings is 1. The number of nitrogens with zero attached hydrogens (tertiary/aromatic N) is 2. The SMILES string of the molecule is CCN(CCCO)c1ccnc2ccccc12. The Labute approximate surface area is 102 Å². The molecule has 1 heterocycles. The molecule has 0 saturated heterocycles. The molecule has 90 valence electrons. The number of rotatable bonds is 5. The van der Waals surface area contributed by atoms with E-state index in [1.165, 1.54) is 11.1 Å². The molecular formula is C14H18N2O. The highest BCUT2D eigenvalue weighted by atomic mass is 16.3. The zero-order valence-electron chi connectivity index (χ0n) is 10.1. The van der Waals surface area contributed by atoms with Crippen LogP contribution in [0, 0.1) is 0 Å². The minimum Gasteiger partial charge on any atom is -0.396 e. The molecule has 17 heavy (non-hydrogen) atoms. The second-order valence-electron chi connectivity index (χ2n) is 4.00. The van der Waals surface area contributed by atoms with E-state index >= 15 is 0 Å². The third-order valence-electron chi connectivity index (χ3n) is 2.93. The van der Waals surface area contributed by atoms with Crippen LogP contribution < -0.4 is 4.90 Å².